The van der Waals surface area contributed by atoms with Crippen LogP contribution in [-0.2, 0) is 30.5 Å². The van der Waals surface area contributed by atoms with Crippen LogP contribution in [0.5, 0.6) is 0 Å². The molecule has 0 unspecified atom stereocenters. The second-order valence-corrected chi connectivity index (χ2v) is 12.0. The second-order valence-electron chi connectivity index (χ2n) is 9.20. The van der Waals surface area contributed by atoms with E-state index < -0.39 is 51.2 Å². The first-order valence-electron chi connectivity index (χ1n) is 11.9. The molecule has 1 N–H and O–H groups in total. The summed E-state index contributed by atoms with van der Waals surface area (Å²) < 4.78 is 72.6. The zero-order valence-corrected chi connectivity index (χ0v) is 22.6. The first kappa shape index (κ1) is 28.7. The number of para-hydroxylation sites is 2. The molecule has 3 aromatic rings. The number of halogens is 3. The highest BCUT2D eigenvalue weighted by Crippen LogP contribution is 2.47. The third-order valence-electron chi connectivity index (χ3n) is 5.78. The lowest BCUT2D eigenvalue weighted by Gasteiger charge is -2.31. The summed E-state index contributed by atoms with van der Waals surface area (Å²) >= 11 is 1.50. The van der Waals surface area contributed by atoms with Crippen LogP contribution in [0.1, 0.15) is 25.8 Å². The number of nitrogens with zero attached hydrogens (tertiary/aromatic N) is 1. The number of ether oxygens (including phenoxy) is 1. The van der Waals surface area contributed by atoms with Crippen LogP contribution in [0.3, 0.4) is 0 Å². The number of hydrogen-bond donors (Lipinski definition) is 1. The van der Waals surface area contributed by atoms with Gasteiger partial charge in [-0.15, -0.1) is 0 Å². The number of rotatable bonds is 8. The largest absolute Gasteiger partial charge is 0.454 e. The summed E-state index contributed by atoms with van der Waals surface area (Å²) in [6, 6.07) is 16.3. The molecular weight excluding hydrogens is 553 g/mol. The summed E-state index contributed by atoms with van der Waals surface area (Å²) in [6.07, 6.45) is -4.75. The van der Waals surface area contributed by atoms with Gasteiger partial charge < -0.3 is 4.74 Å². The average Bonchev–Trinajstić information content (AvgIpc) is 2.89. The zero-order valence-electron chi connectivity index (χ0n) is 20.9. The van der Waals surface area contributed by atoms with Crippen LogP contribution in [0.25, 0.3) is 0 Å². The Balaban J connectivity index is 1.52. The van der Waals surface area contributed by atoms with Gasteiger partial charge in [-0.2, -0.15) is 17.9 Å². The van der Waals surface area contributed by atoms with E-state index in [9.17, 15) is 31.2 Å². The van der Waals surface area contributed by atoms with E-state index in [2.05, 4.69) is 4.72 Å². The van der Waals surface area contributed by atoms with Crippen molar-refractivity contribution < 1.29 is 35.9 Å². The smallest absolute Gasteiger partial charge is 0.416 e. The number of alkyl halides is 3. The molecule has 0 saturated heterocycles. The van der Waals surface area contributed by atoms with E-state index in [4.69, 9.17) is 4.74 Å². The monoisotopic (exact) mass is 578 g/mol. The summed E-state index contributed by atoms with van der Waals surface area (Å²) in [7, 11) is -4.52. The summed E-state index contributed by atoms with van der Waals surface area (Å²) in [6.45, 7) is 2.80. The van der Waals surface area contributed by atoms with Gasteiger partial charge in [0.2, 0.25) is 10.0 Å². The molecule has 12 heteroatoms. The number of carbonyl (C=O) groups excluding carboxylic acids is 2. The lowest BCUT2D eigenvalue weighted by molar-refractivity contribution is -0.149. The molecule has 206 valence electrons. The fourth-order valence-corrected chi connectivity index (χ4v) is 6.33. The molecule has 4 rings (SSSR count). The molecule has 1 atom stereocenters. The number of nitrogens with one attached hydrogen (secondary N) is 1. The fourth-order valence-electron chi connectivity index (χ4n) is 4.03. The highest BCUT2D eigenvalue weighted by Gasteiger charge is 2.34. The van der Waals surface area contributed by atoms with Crippen LogP contribution >= 0.6 is 11.8 Å². The minimum Gasteiger partial charge on any atom is -0.454 e. The van der Waals surface area contributed by atoms with E-state index in [1.165, 1.54) is 16.7 Å². The molecule has 1 aliphatic heterocycles. The maximum absolute atomic E-state index is 13.3. The van der Waals surface area contributed by atoms with Gasteiger partial charge in [-0.05, 0) is 54.8 Å². The number of esters is 1. The van der Waals surface area contributed by atoms with Crippen LogP contribution in [0.15, 0.2) is 87.5 Å². The quantitative estimate of drug-likeness (QED) is 0.341. The molecule has 0 spiro atoms. The molecule has 7 nitrogen and oxygen atoms in total. The minimum absolute atomic E-state index is 0.00274. The van der Waals surface area contributed by atoms with Crippen LogP contribution < -0.4 is 9.62 Å². The van der Waals surface area contributed by atoms with Crippen molar-refractivity contribution in [2.75, 3.05) is 11.5 Å². The van der Waals surface area contributed by atoms with E-state index >= 15 is 0 Å². The molecule has 1 heterocycles. The Morgan fingerprint density at radius 1 is 0.949 bits per heavy atom. The topological polar surface area (TPSA) is 92.8 Å². The van der Waals surface area contributed by atoms with E-state index in [1.807, 2.05) is 24.3 Å². The summed E-state index contributed by atoms with van der Waals surface area (Å²) in [5.41, 5.74) is 0.0941. The Hall–Kier alpha value is -3.35. The van der Waals surface area contributed by atoms with Crippen LogP contribution in [-0.4, -0.2) is 32.9 Å². The predicted molar refractivity (Wildman–Crippen MR) is 140 cm³/mol. The molecule has 0 saturated carbocycles. The standard InChI is InChI=1S/C27H25F3N2O5S2/c1-17(2)14-20(31-39(35,36)19-9-7-8-18(15-19)27(28,29)30)26(34)37-16-25(33)32-21-10-3-5-12-23(21)38-24-13-6-4-11-22(24)32/h3-13,15,17,20,31H,14,16H2,1-2H3/t20-/m0/s1. The Morgan fingerprint density at radius 3 is 2.10 bits per heavy atom. The highest BCUT2D eigenvalue weighted by atomic mass is 32.2. The van der Waals surface area contributed by atoms with E-state index in [1.54, 1.807) is 38.1 Å². The Morgan fingerprint density at radius 2 is 1.54 bits per heavy atom. The Labute approximate surface area is 228 Å². The molecule has 1 amide bonds. The van der Waals surface area contributed by atoms with Crippen molar-refractivity contribution in [2.24, 2.45) is 5.92 Å². The maximum atomic E-state index is 13.3. The van der Waals surface area contributed by atoms with Crippen molar-refractivity contribution in [1.82, 2.24) is 4.72 Å². The van der Waals surface area contributed by atoms with E-state index in [0.29, 0.717) is 17.4 Å². The summed E-state index contributed by atoms with van der Waals surface area (Å²) in [5.74, 6) is -1.74. The van der Waals surface area contributed by atoms with Crippen LogP contribution in [0, 0.1) is 5.92 Å². The number of anilines is 2. The lowest BCUT2D eigenvalue weighted by atomic mass is 10.1. The zero-order chi connectivity index (χ0) is 28.4. The molecule has 3 aromatic carbocycles. The minimum atomic E-state index is -4.74. The molecule has 0 aromatic heterocycles. The van der Waals surface area contributed by atoms with Gasteiger partial charge in [0.15, 0.2) is 6.61 Å². The van der Waals surface area contributed by atoms with E-state index in [0.717, 1.165) is 28.0 Å². The number of sulfonamides is 1. The van der Waals surface area contributed by atoms with Gasteiger partial charge in [0.25, 0.3) is 5.91 Å². The van der Waals surface area contributed by atoms with Crippen molar-refractivity contribution in [3.05, 3.63) is 78.4 Å². The van der Waals surface area contributed by atoms with E-state index in [-0.39, 0.29) is 12.3 Å². The lowest BCUT2D eigenvalue weighted by Crippen LogP contribution is -2.44. The third-order valence-corrected chi connectivity index (χ3v) is 8.38. The van der Waals surface area contributed by atoms with Crippen molar-refractivity contribution in [3.8, 4) is 0 Å². The SMILES string of the molecule is CC(C)C[C@H](NS(=O)(=O)c1cccc(C(F)(F)F)c1)C(=O)OCC(=O)N1c2ccccc2Sc2ccccc21. The van der Waals surface area contributed by atoms with Gasteiger partial charge in [0.05, 0.1) is 21.8 Å². The number of amides is 1. The van der Waals surface area contributed by atoms with Crippen LogP contribution in [0.2, 0.25) is 0 Å². The van der Waals surface area contributed by atoms with Crippen LogP contribution in [0.4, 0.5) is 24.5 Å². The molecule has 39 heavy (non-hydrogen) atoms. The average molecular weight is 579 g/mol. The molecular formula is C27H25F3N2O5S2. The molecule has 0 fully saturated rings. The molecule has 0 radical (unpaired) electrons. The molecule has 0 aliphatic carbocycles. The molecule has 0 bridgehead atoms. The Kier molecular flexibility index (Phi) is 8.38. The predicted octanol–water partition coefficient (Wildman–Crippen LogP) is 5.77. The Bertz CT molecular complexity index is 1450. The molecule has 1 aliphatic rings. The highest BCUT2D eigenvalue weighted by molar-refractivity contribution is 7.99. The maximum Gasteiger partial charge on any atom is 0.416 e. The van der Waals surface area contributed by atoms with Crippen molar-refractivity contribution in [3.63, 3.8) is 0 Å². The summed E-state index contributed by atoms with van der Waals surface area (Å²) in [5, 5.41) is 0. The second kappa shape index (κ2) is 11.4. The first-order valence-corrected chi connectivity index (χ1v) is 14.2. The van der Waals surface area contributed by atoms with Gasteiger partial charge in [-0.1, -0.05) is 55.9 Å². The van der Waals surface area contributed by atoms with Gasteiger partial charge >= 0.3 is 12.1 Å². The van der Waals surface area contributed by atoms with Crippen molar-refractivity contribution >= 4 is 45.0 Å². The van der Waals surface area contributed by atoms with Crippen molar-refractivity contribution in [1.29, 1.82) is 0 Å². The van der Waals surface area contributed by atoms with Gasteiger partial charge in [0, 0.05) is 9.79 Å². The number of fused-ring (bicyclic) bond motifs is 2. The number of carbonyl (C=O) groups is 2. The third kappa shape index (κ3) is 6.63. The van der Waals surface area contributed by atoms with Gasteiger partial charge in [0.1, 0.15) is 6.04 Å². The van der Waals surface area contributed by atoms with Crippen molar-refractivity contribution in [2.45, 2.75) is 47.2 Å². The van der Waals surface area contributed by atoms with Gasteiger partial charge in [-0.25, -0.2) is 8.42 Å². The number of hydrogen-bond acceptors (Lipinski definition) is 6. The van der Waals surface area contributed by atoms with Gasteiger partial charge in [-0.3, -0.25) is 14.5 Å². The summed E-state index contributed by atoms with van der Waals surface area (Å²) in [4.78, 5) is 28.8. The first-order chi connectivity index (χ1) is 18.4. The fraction of sp³-hybridized carbons (Fsp3) is 0.259. The normalized spacial score (nSPS) is 13.9. The number of benzene rings is 3.